The van der Waals surface area contributed by atoms with Crippen LogP contribution in [0.3, 0.4) is 0 Å². The van der Waals surface area contributed by atoms with E-state index in [2.05, 4.69) is 21.6 Å². The Hall–Kier alpha value is -1.47. The first kappa shape index (κ1) is 18.3. The lowest BCUT2D eigenvalue weighted by molar-refractivity contribution is 0.0149. The monoisotopic (exact) mass is 347 g/mol. The summed E-state index contributed by atoms with van der Waals surface area (Å²) in [6.45, 7) is 5.94. The highest BCUT2D eigenvalue weighted by molar-refractivity contribution is 5.95. The van der Waals surface area contributed by atoms with Crippen LogP contribution in [0.5, 0.6) is 0 Å². The molecule has 138 valence electrons. The molecule has 0 unspecified atom stereocenters. The van der Waals surface area contributed by atoms with Crippen molar-refractivity contribution in [3.8, 4) is 0 Å². The number of piperidine rings is 1. The highest BCUT2D eigenvalue weighted by Crippen LogP contribution is 2.27. The van der Waals surface area contributed by atoms with Gasteiger partial charge in [-0.05, 0) is 43.5 Å². The van der Waals surface area contributed by atoms with Gasteiger partial charge in [0, 0.05) is 31.7 Å². The van der Waals surface area contributed by atoms with Crippen LogP contribution >= 0.6 is 0 Å². The van der Waals surface area contributed by atoms with Gasteiger partial charge in [0.25, 0.3) is 5.91 Å². The number of nitrogens with zero attached hydrogens (tertiary/aromatic N) is 1. The van der Waals surface area contributed by atoms with Crippen molar-refractivity contribution in [3.63, 3.8) is 0 Å². The minimum atomic E-state index is -0.562. The van der Waals surface area contributed by atoms with Crippen molar-refractivity contribution in [2.24, 2.45) is 0 Å². The van der Waals surface area contributed by atoms with Crippen LogP contribution in [-0.2, 0) is 4.74 Å². The summed E-state index contributed by atoms with van der Waals surface area (Å²) in [4.78, 5) is 14.8. The summed E-state index contributed by atoms with van der Waals surface area (Å²) in [6, 6.07) is 7.86. The smallest absolute Gasteiger partial charge is 0.251 e. The number of hydrogen-bond acceptors (Lipinski definition) is 5. The van der Waals surface area contributed by atoms with Crippen LogP contribution in [-0.4, -0.2) is 74.5 Å². The number of carbonyl (C=O) groups is 1. The highest BCUT2D eigenvalue weighted by atomic mass is 16.5. The van der Waals surface area contributed by atoms with Crippen LogP contribution in [0.2, 0.25) is 0 Å². The lowest BCUT2D eigenvalue weighted by Gasteiger charge is -2.28. The molecule has 0 aliphatic carbocycles. The van der Waals surface area contributed by atoms with Crippen molar-refractivity contribution < 1.29 is 14.6 Å². The van der Waals surface area contributed by atoms with Crippen LogP contribution in [0, 0.1) is 0 Å². The topological polar surface area (TPSA) is 73.8 Å². The van der Waals surface area contributed by atoms with E-state index in [0.29, 0.717) is 25.7 Å². The van der Waals surface area contributed by atoms with E-state index in [0.717, 1.165) is 50.1 Å². The molecule has 1 aromatic rings. The van der Waals surface area contributed by atoms with E-state index in [-0.39, 0.29) is 12.5 Å². The number of amides is 1. The summed E-state index contributed by atoms with van der Waals surface area (Å²) >= 11 is 0. The number of β-amino-alcohol motifs (C(OH)–C–C–N with tert-alkyl or cyclic N) is 1. The van der Waals surface area contributed by atoms with Crippen molar-refractivity contribution in [2.45, 2.75) is 24.9 Å². The molecule has 1 amide bonds. The number of carbonyl (C=O) groups excluding carboxylic acids is 1. The van der Waals surface area contributed by atoms with Crippen molar-refractivity contribution in [2.75, 3.05) is 52.5 Å². The van der Waals surface area contributed by atoms with Crippen LogP contribution in [0.15, 0.2) is 24.3 Å². The van der Waals surface area contributed by atoms with Crippen LogP contribution in [0.1, 0.15) is 34.7 Å². The molecule has 2 fully saturated rings. The normalized spacial score (nSPS) is 21.0. The van der Waals surface area contributed by atoms with Crippen LogP contribution < -0.4 is 10.6 Å². The molecule has 0 saturated carbocycles. The molecule has 2 aliphatic heterocycles. The molecule has 2 saturated heterocycles. The summed E-state index contributed by atoms with van der Waals surface area (Å²) in [7, 11) is 0. The summed E-state index contributed by atoms with van der Waals surface area (Å²) < 4.78 is 5.31. The molecule has 0 aromatic heterocycles. The van der Waals surface area contributed by atoms with E-state index in [4.69, 9.17) is 4.74 Å². The van der Waals surface area contributed by atoms with E-state index in [1.54, 1.807) is 0 Å². The number of rotatable bonds is 6. The average molecular weight is 347 g/mol. The van der Waals surface area contributed by atoms with Gasteiger partial charge in [-0.15, -0.1) is 0 Å². The zero-order chi connectivity index (χ0) is 17.5. The maximum absolute atomic E-state index is 12.6. The van der Waals surface area contributed by atoms with E-state index in [9.17, 15) is 9.90 Å². The van der Waals surface area contributed by atoms with E-state index in [1.807, 2.05) is 18.2 Å². The van der Waals surface area contributed by atoms with Crippen molar-refractivity contribution >= 4 is 5.91 Å². The predicted molar refractivity (Wildman–Crippen MR) is 96.9 cm³/mol. The van der Waals surface area contributed by atoms with Gasteiger partial charge in [0.2, 0.25) is 0 Å². The lowest BCUT2D eigenvalue weighted by Crippen LogP contribution is -2.44. The quantitative estimate of drug-likeness (QED) is 0.702. The number of aliphatic hydroxyl groups is 1. The largest absolute Gasteiger partial charge is 0.390 e. The number of aliphatic hydroxyl groups excluding tert-OH is 1. The molecule has 6 nitrogen and oxygen atoms in total. The van der Waals surface area contributed by atoms with Crippen LogP contribution in [0.25, 0.3) is 0 Å². The molecule has 6 heteroatoms. The number of ether oxygens (including phenoxy) is 1. The standard InChI is InChI=1S/C19H29N3O3/c23-16(14-22-9-11-25-12-10-22)13-21-19(24)18-4-2-1-3-17(18)15-5-7-20-8-6-15/h1-4,15-16,20,23H,5-14H2,(H,21,24)/t16-/m1/s1. The second kappa shape index (κ2) is 9.29. The zero-order valence-corrected chi connectivity index (χ0v) is 14.7. The van der Waals surface area contributed by atoms with E-state index >= 15 is 0 Å². The first-order valence-electron chi connectivity index (χ1n) is 9.30. The Labute approximate surface area is 149 Å². The SMILES string of the molecule is O=C(NC[C@@H](O)CN1CCOCC1)c1ccccc1C1CCNCC1. The van der Waals surface area contributed by atoms with Gasteiger partial charge in [-0.1, -0.05) is 18.2 Å². The van der Waals surface area contributed by atoms with Gasteiger partial charge in [0.1, 0.15) is 0 Å². The first-order valence-corrected chi connectivity index (χ1v) is 9.30. The second-order valence-corrected chi connectivity index (χ2v) is 6.89. The van der Waals surface area contributed by atoms with Crippen molar-refractivity contribution in [1.29, 1.82) is 0 Å². The zero-order valence-electron chi connectivity index (χ0n) is 14.7. The van der Waals surface area contributed by atoms with Gasteiger partial charge in [-0.25, -0.2) is 0 Å². The lowest BCUT2D eigenvalue weighted by atomic mass is 9.87. The number of morpholine rings is 1. The van der Waals surface area contributed by atoms with Gasteiger partial charge in [0.05, 0.1) is 19.3 Å². The maximum atomic E-state index is 12.6. The third-order valence-corrected chi connectivity index (χ3v) is 5.06. The molecule has 3 rings (SSSR count). The van der Waals surface area contributed by atoms with Gasteiger partial charge in [0.15, 0.2) is 0 Å². The Morgan fingerprint density at radius 2 is 2.00 bits per heavy atom. The van der Waals surface area contributed by atoms with Crippen molar-refractivity contribution in [3.05, 3.63) is 35.4 Å². The van der Waals surface area contributed by atoms with E-state index in [1.165, 1.54) is 0 Å². The fraction of sp³-hybridized carbons (Fsp3) is 0.632. The minimum Gasteiger partial charge on any atom is -0.390 e. The van der Waals surface area contributed by atoms with Crippen LogP contribution in [0.4, 0.5) is 0 Å². The Bertz CT molecular complexity index is 555. The summed E-state index contributed by atoms with van der Waals surface area (Å²) in [5.74, 6) is 0.344. The summed E-state index contributed by atoms with van der Waals surface area (Å²) in [5.41, 5.74) is 1.87. The fourth-order valence-electron chi connectivity index (χ4n) is 3.64. The number of hydrogen-bond donors (Lipinski definition) is 3. The molecule has 1 atom stereocenters. The van der Waals surface area contributed by atoms with Crippen molar-refractivity contribution in [1.82, 2.24) is 15.5 Å². The molecule has 3 N–H and O–H groups in total. The Morgan fingerprint density at radius 1 is 1.28 bits per heavy atom. The molecule has 1 aromatic carbocycles. The molecule has 0 radical (unpaired) electrons. The highest BCUT2D eigenvalue weighted by Gasteiger charge is 2.21. The van der Waals surface area contributed by atoms with Gasteiger partial charge < -0.3 is 20.5 Å². The molecule has 25 heavy (non-hydrogen) atoms. The Kier molecular flexibility index (Phi) is 6.81. The summed E-state index contributed by atoms with van der Waals surface area (Å²) in [5, 5.41) is 16.5. The molecule has 0 spiro atoms. The number of benzene rings is 1. The minimum absolute atomic E-state index is 0.0878. The Morgan fingerprint density at radius 3 is 2.76 bits per heavy atom. The molecule has 0 bridgehead atoms. The first-order chi connectivity index (χ1) is 12.2. The second-order valence-electron chi connectivity index (χ2n) is 6.89. The third-order valence-electron chi connectivity index (χ3n) is 5.06. The van der Waals surface area contributed by atoms with E-state index < -0.39 is 6.10 Å². The molecule has 2 heterocycles. The molecular weight excluding hydrogens is 318 g/mol. The molecule has 2 aliphatic rings. The fourth-order valence-corrected chi connectivity index (χ4v) is 3.64. The maximum Gasteiger partial charge on any atom is 0.251 e. The number of nitrogens with one attached hydrogen (secondary N) is 2. The van der Waals surface area contributed by atoms with Gasteiger partial charge in [-0.2, -0.15) is 0 Å². The average Bonchev–Trinajstić information content (AvgIpc) is 2.67. The van der Waals surface area contributed by atoms with Gasteiger partial charge >= 0.3 is 0 Å². The third kappa shape index (κ3) is 5.25. The predicted octanol–water partition coefficient (Wildman–Crippen LogP) is 0.577. The summed E-state index contributed by atoms with van der Waals surface area (Å²) in [6.07, 6.45) is 1.56. The molecular formula is C19H29N3O3. The van der Waals surface area contributed by atoms with Gasteiger partial charge in [-0.3, -0.25) is 9.69 Å². The Balaban J connectivity index is 1.54.